The first kappa shape index (κ1) is 13.5. The molecule has 0 aliphatic heterocycles. The summed E-state index contributed by atoms with van der Waals surface area (Å²) in [5.74, 6) is 0.689. The van der Waals surface area contributed by atoms with Crippen LogP contribution in [0.3, 0.4) is 0 Å². The SMILES string of the molecule is CCC(=O)c1cnn(Cc2ccc(C(C)C)cc2)c1. The fourth-order valence-corrected chi connectivity index (χ4v) is 1.99. The van der Waals surface area contributed by atoms with Gasteiger partial charge in [0.05, 0.1) is 18.3 Å². The fourth-order valence-electron chi connectivity index (χ4n) is 1.99. The molecule has 0 aliphatic carbocycles. The van der Waals surface area contributed by atoms with Crippen LogP contribution in [0.2, 0.25) is 0 Å². The first-order valence-electron chi connectivity index (χ1n) is 6.74. The molecular weight excluding hydrogens is 236 g/mol. The molecule has 0 fully saturated rings. The average molecular weight is 256 g/mol. The minimum absolute atomic E-state index is 0.140. The Kier molecular flexibility index (Phi) is 4.15. The van der Waals surface area contributed by atoms with Crippen molar-refractivity contribution in [2.75, 3.05) is 0 Å². The van der Waals surface area contributed by atoms with Crippen molar-refractivity contribution < 1.29 is 4.79 Å². The Morgan fingerprint density at radius 3 is 2.53 bits per heavy atom. The van der Waals surface area contributed by atoms with E-state index in [1.54, 1.807) is 6.20 Å². The summed E-state index contributed by atoms with van der Waals surface area (Å²) in [4.78, 5) is 11.5. The van der Waals surface area contributed by atoms with Crippen molar-refractivity contribution in [1.82, 2.24) is 9.78 Å². The number of Topliss-reactive ketones (excluding diaryl/α,β-unsaturated/α-hetero) is 1. The van der Waals surface area contributed by atoms with E-state index in [-0.39, 0.29) is 5.78 Å². The Bertz CT molecular complexity index is 552. The van der Waals surface area contributed by atoms with Crippen molar-refractivity contribution in [3.63, 3.8) is 0 Å². The van der Waals surface area contributed by atoms with Crippen LogP contribution in [0.15, 0.2) is 36.7 Å². The molecule has 0 bridgehead atoms. The van der Waals surface area contributed by atoms with Crippen molar-refractivity contribution in [1.29, 1.82) is 0 Å². The van der Waals surface area contributed by atoms with Crippen molar-refractivity contribution in [3.8, 4) is 0 Å². The lowest BCUT2D eigenvalue weighted by atomic mass is 10.0. The van der Waals surface area contributed by atoms with Gasteiger partial charge in [0, 0.05) is 12.6 Å². The molecule has 0 spiro atoms. The van der Waals surface area contributed by atoms with Crippen LogP contribution in [-0.2, 0) is 6.54 Å². The van der Waals surface area contributed by atoms with Gasteiger partial charge in [-0.2, -0.15) is 5.10 Å². The third kappa shape index (κ3) is 3.31. The van der Waals surface area contributed by atoms with Gasteiger partial charge in [0.2, 0.25) is 0 Å². The minimum Gasteiger partial charge on any atom is -0.294 e. The van der Waals surface area contributed by atoms with Gasteiger partial charge in [-0.05, 0) is 17.0 Å². The molecule has 0 radical (unpaired) electrons. The lowest BCUT2D eigenvalue weighted by Gasteiger charge is -2.07. The van der Waals surface area contributed by atoms with E-state index in [1.807, 2.05) is 17.8 Å². The number of hydrogen-bond donors (Lipinski definition) is 0. The number of aromatic nitrogens is 2. The lowest BCUT2D eigenvalue weighted by Crippen LogP contribution is -2.01. The maximum Gasteiger partial charge on any atom is 0.165 e. The molecule has 0 N–H and O–H groups in total. The second-order valence-corrected chi connectivity index (χ2v) is 5.10. The largest absolute Gasteiger partial charge is 0.294 e. The average Bonchev–Trinajstić information content (AvgIpc) is 2.87. The summed E-state index contributed by atoms with van der Waals surface area (Å²) in [6.45, 7) is 6.94. The Morgan fingerprint density at radius 2 is 1.95 bits per heavy atom. The van der Waals surface area contributed by atoms with Crippen molar-refractivity contribution >= 4 is 5.78 Å². The fraction of sp³-hybridized carbons (Fsp3) is 0.375. The molecular formula is C16H20N2O. The van der Waals surface area contributed by atoms with Crippen LogP contribution < -0.4 is 0 Å². The van der Waals surface area contributed by atoms with E-state index in [0.717, 1.165) is 0 Å². The maximum absolute atomic E-state index is 11.5. The minimum atomic E-state index is 0.140. The summed E-state index contributed by atoms with van der Waals surface area (Å²) in [6.07, 6.45) is 3.99. The van der Waals surface area contributed by atoms with Gasteiger partial charge in [-0.1, -0.05) is 45.0 Å². The number of rotatable bonds is 5. The molecule has 0 amide bonds. The van der Waals surface area contributed by atoms with E-state index in [1.165, 1.54) is 11.1 Å². The van der Waals surface area contributed by atoms with Gasteiger partial charge in [0.15, 0.2) is 5.78 Å². The number of hydrogen-bond acceptors (Lipinski definition) is 2. The molecule has 3 heteroatoms. The van der Waals surface area contributed by atoms with Gasteiger partial charge in [0.1, 0.15) is 0 Å². The monoisotopic (exact) mass is 256 g/mol. The smallest absolute Gasteiger partial charge is 0.165 e. The quantitative estimate of drug-likeness (QED) is 0.765. The van der Waals surface area contributed by atoms with Gasteiger partial charge < -0.3 is 0 Å². The molecule has 1 heterocycles. The summed E-state index contributed by atoms with van der Waals surface area (Å²) in [5, 5.41) is 4.23. The predicted octanol–water partition coefficient (Wildman–Crippen LogP) is 3.65. The highest BCUT2D eigenvalue weighted by Gasteiger charge is 2.06. The summed E-state index contributed by atoms with van der Waals surface area (Å²) in [5.41, 5.74) is 3.23. The van der Waals surface area contributed by atoms with Gasteiger partial charge in [0.25, 0.3) is 0 Å². The molecule has 3 nitrogen and oxygen atoms in total. The normalized spacial score (nSPS) is 10.9. The molecule has 0 atom stereocenters. The molecule has 2 aromatic rings. The van der Waals surface area contributed by atoms with E-state index >= 15 is 0 Å². The zero-order valence-electron chi connectivity index (χ0n) is 11.8. The van der Waals surface area contributed by atoms with Crippen LogP contribution in [0.5, 0.6) is 0 Å². The highest BCUT2D eigenvalue weighted by atomic mass is 16.1. The molecule has 2 rings (SSSR count). The van der Waals surface area contributed by atoms with Crippen LogP contribution >= 0.6 is 0 Å². The van der Waals surface area contributed by atoms with Crippen LogP contribution in [0.1, 0.15) is 54.6 Å². The molecule has 0 unspecified atom stereocenters. The third-order valence-corrected chi connectivity index (χ3v) is 3.27. The maximum atomic E-state index is 11.5. The number of carbonyl (C=O) groups excluding carboxylic acids is 1. The molecule has 19 heavy (non-hydrogen) atoms. The zero-order valence-corrected chi connectivity index (χ0v) is 11.8. The van der Waals surface area contributed by atoms with Gasteiger partial charge >= 0.3 is 0 Å². The molecule has 100 valence electrons. The highest BCUT2D eigenvalue weighted by molar-refractivity contribution is 5.95. The number of ketones is 1. The van der Waals surface area contributed by atoms with Gasteiger partial charge in [-0.15, -0.1) is 0 Å². The van der Waals surface area contributed by atoms with E-state index in [9.17, 15) is 4.79 Å². The van der Waals surface area contributed by atoms with Gasteiger partial charge in [-0.3, -0.25) is 9.48 Å². The molecule has 0 saturated heterocycles. The van der Waals surface area contributed by atoms with E-state index < -0.39 is 0 Å². The number of nitrogens with zero attached hydrogens (tertiary/aromatic N) is 2. The Labute approximate surface area is 114 Å². The highest BCUT2D eigenvalue weighted by Crippen LogP contribution is 2.15. The summed E-state index contributed by atoms with van der Waals surface area (Å²) in [6, 6.07) is 8.56. The van der Waals surface area contributed by atoms with Crippen LogP contribution in [-0.4, -0.2) is 15.6 Å². The Morgan fingerprint density at radius 1 is 1.26 bits per heavy atom. The van der Waals surface area contributed by atoms with Gasteiger partial charge in [-0.25, -0.2) is 0 Å². The molecule has 1 aromatic heterocycles. The standard InChI is InChI=1S/C16H20N2O/c1-4-16(19)15-9-17-18(11-15)10-13-5-7-14(8-6-13)12(2)3/h5-9,11-12H,4,10H2,1-3H3. The lowest BCUT2D eigenvalue weighted by molar-refractivity contribution is 0.0988. The Hall–Kier alpha value is -1.90. The van der Waals surface area contributed by atoms with E-state index in [2.05, 4.69) is 43.2 Å². The zero-order chi connectivity index (χ0) is 13.8. The second-order valence-electron chi connectivity index (χ2n) is 5.10. The Balaban J connectivity index is 2.08. The van der Waals surface area contributed by atoms with Crippen molar-refractivity contribution in [2.45, 2.75) is 39.7 Å². The second kappa shape index (κ2) is 5.83. The topological polar surface area (TPSA) is 34.9 Å². The molecule has 0 aliphatic rings. The third-order valence-electron chi connectivity index (χ3n) is 3.27. The van der Waals surface area contributed by atoms with Crippen LogP contribution in [0.25, 0.3) is 0 Å². The van der Waals surface area contributed by atoms with Crippen LogP contribution in [0, 0.1) is 0 Å². The predicted molar refractivity (Wildman–Crippen MR) is 76.5 cm³/mol. The number of carbonyl (C=O) groups is 1. The summed E-state index contributed by atoms with van der Waals surface area (Å²) < 4.78 is 1.81. The van der Waals surface area contributed by atoms with Crippen molar-refractivity contribution in [3.05, 3.63) is 53.3 Å². The first-order chi connectivity index (χ1) is 9.10. The van der Waals surface area contributed by atoms with E-state index in [4.69, 9.17) is 0 Å². The van der Waals surface area contributed by atoms with E-state index in [0.29, 0.717) is 24.4 Å². The van der Waals surface area contributed by atoms with Crippen molar-refractivity contribution in [2.24, 2.45) is 0 Å². The molecule has 1 aromatic carbocycles. The van der Waals surface area contributed by atoms with Crippen LogP contribution in [0.4, 0.5) is 0 Å². The molecule has 0 saturated carbocycles. The number of benzene rings is 1. The first-order valence-corrected chi connectivity index (χ1v) is 6.74. The summed E-state index contributed by atoms with van der Waals surface area (Å²) in [7, 11) is 0. The summed E-state index contributed by atoms with van der Waals surface area (Å²) >= 11 is 0.